The van der Waals surface area contributed by atoms with Crippen molar-refractivity contribution in [3.63, 3.8) is 0 Å². The summed E-state index contributed by atoms with van der Waals surface area (Å²) >= 11 is 6.13. The number of nitrogens with zero attached hydrogens (tertiary/aromatic N) is 1. The van der Waals surface area contributed by atoms with E-state index >= 15 is 0 Å². The van der Waals surface area contributed by atoms with E-state index < -0.39 is 18.0 Å². The third-order valence-electron chi connectivity index (χ3n) is 4.57. The lowest BCUT2D eigenvalue weighted by Gasteiger charge is -2.15. The smallest absolute Gasteiger partial charge is 0.347 e. The van der Waals surface area contributed by atoms with Crippen molar-refractivity contribution >= 4 is 34.4 Å². The summed E-state index contributed by atoms with van der Waals surface area (Å²) in [5, 5.41) is 1.26. The molecule has 0 bridgehead atoms. The molecule has 136 valence electrons. The van der Waals surface area contributed by atoms with Gasteiger partial charge in [0, 0.05) is 22.4 Å². The Hall–Kier alpha value is -2.92. The molecule has 6 heteroatoms. The number of pyridine rings is 1. The van der Waals surface area contributed by atoms with Crippen LogP contribution in [0.15, 0.2) is 48.5 Å². The van der Waals surface area contributed by atoms with Crippen LogP contribution in [0.4, 0.5) is 0 Å². The van der Waals surface area contributed by atoms with E-state index in [2.05, 4.69) is 0 Å². The summed E-state index contributed by atoms with van der Waals surface area (Å²) in [6, 6.07) is 14.7. The molecular formula is C21H16ClNO4. The molecule has 4 rings (SSSR count). The molecule has 2 aromatic carbocycles. The maximum Gasteiger partial charge on any atom is 0.347 e. The van der Waals surface area contributed by atoms with E-state index in [1.54, 1.807) is 12.1 Å². The highest BCUT2D eigenvalue weighted by Crippen LogP contribution is 2.31. The van der Waals surface area contributed by atoms with Crippen LogP contribution in [-0.2, 0) is 14.3 Å². The van der Waals surface area contributed by atoms with E-state index in [-0.39, 0.29) is 6.61 Å². The first-order valence-electron chi connectivity index (χ1n) is 8.57. The minimum Gasteiger partial charge on any atom is -0.463 e. The van der Waals surface area contributed by atoms with Crippen LogP contribution in [0, 0.1) is 6.92 Å². The molecule has 0 aliphatic carbocycles. The standard InChI is InChI=1S/C21H16ClNO4/c1-12-18(21(25)27-17-9-10-26-20(17)24)15-7-2-3-8-16(15)23-19(12)13-5-4-6-14(22)11-13/h2-8,11,17H,9-10H2,1H3/t17-/m1/s1. The molecule has 1 fully saturated rings. The molecule has 0 spiro atoms. The summed E-state index contributed by atoms with van der Waals surface area (Å²) in [5.41, 5.74) is 3.19. The SMILES string of the molecule is Cc1c(-c2cccc(Cl)c2)nc2ccccc2c1C(=O)O[C@@H]1CCOC1=O. The quantitative estimate of drug-likeness (QED) is 0.631. The zero-order valence-corrected chi connectivity index (χ0v) is 15.3. The molecule has 2 heterocycles. The minimum atomic E-state index is -0.863. The van der Waals surface area contributed by atoms with Crippen LogP contribution in [0.3, 0.4) is 0 Å². The second-order valence-electron chi connectivity index (χ2n) is 6.34. The van der Waals surface area contributed by atoms with Crippen molar-refractivity contribution in [2.45, 2.75) is 19.4 Å². The number of carbonyl (C=O) groups excluding carboxylic acids is 2. The molecular weight excluding hydrogens is 366 g/mol. The second-order valence-corrected chi connectivity index (χ2v) is 6.77. The number of rotatable bonds is 3. The predicted molar refractivity (Wildman–Crippen MR) is 102 cm³/mol. The van der Waals surface area contributed by atoms with Gasteiger partial charge in [0.2, 0.25) is 6.10 Å². The van der Waals surface area contributed by atoms with Gasteiger partial charge < -0.3 is 9.47 Å². The van der Waals surface area contributed by atoms with E-state index in [9.17, 15) is 9.59 Å². The van der Waals surface area contributed by atoms with Crippen LogP contribution in [0.2, 0.25) is 5.02 Å². The lowest BCUT2D eigenvalue weighted by atomic mass is 9.97. The van der Waals surface area contributed by atoms with Crippen LogP contribution >= 0.6 is 11.6 Å². The van der Waals surface area contributed by atoms with Crippen LogP contribution in [0.25, 0.3) is 22.2 Å². The van der Waals surface area contributed by atoms with Crippen molar-refractivity contribution in [1.29, 1.82) is 0 Å². The van der Waals surface area contributed by atoms with E-state index in [0.29, 0.717) is 39.2 Å². The van der Waals surface area contributed by atoms with Gasteiger partial charge in [-0.05, 0) is 30.7 Å². The van der Waals surface area contributed by atoms with Gasteiger partial charge >= 0.3 is 11.9 Å². The number of hydrogen-bond acceptors (Lipinski definition) is 5. The minimum absolute atomic E-state index is 0.265. The van der Waals surface area contributed by atoms with E-state index in [4.69, 9.17) is 26.1 Å². The number of aromatic nitrogens is 1. The molecule has 1 atom stereocenters. The van der Waals surface area contributed by atoms with Crippen LogP contribution in [-0.4, -0.2) is 29.6 Å². The van der Waals surface area contributed by atoms with Crippen molar-refractivity contribution < 1.29 is 19.1 Å². The summed E-state index contributed by atoms with van der Waals surface area (Å²) in [4.78, 5) is 29.4. The number of benzene rings is 2. The van der Waals surface area contributed by atoms with Crippen molar-refractivity contribution in [3.05, 3.63) is 64.7 Å². The van der Waals surface area contributed by atoms with E-state index in [0.717, 1.165) is 5.56 Å². The first-order chi connectivity index (χ1) is 13.0. The van der Waals surface area contributed by atoms with Crippen molar-refractivity contribution in [3.8, 4) is 11.3 Å². The molecule has 1 aromatic heterocycles. The molecule has 1 aliphatic rings. The Balaban J connectivity index is 1.86. The fourth-order valence-electron chi connectivity index (χ4n) is 3.26. The molecule has 3 aromatic rings. The van der Waals surface area contributed by atoms with Crippen molar-refractivity contribution in [1.82, 2.24) is 4.98 Å². The molecule has 1 aliphatic heterocycles. The maximum absolute atomic E-state index is 12.9. The number of halogens is 1. The topological polar surface area (TPSA) is 65.5 Å². The van der Waals surface area contributed by atoms with Crippen LogP contribution in [0.5, 0.6) is 0 Å². The Morgan fingerprint density at radius 2 is 2.04 bits per heavy atom. The molecule has 27 heavy (non-hydrogen) atoms. The number of ether oxygens (including phenoxy) is 2. The van der Waals surface area contributed by atoms with Crippen molar-refractivity contribution in [2.24, 2.45) is 0 Å². The first kappa shape index (κ1) is 17.5. The number of fused-ring (bicyclic) bond motifs is 1. The van der Waals surface area contributed by atoms with Gasteiger partial charge in [0.25, 0.3) is 0 Å². The van der Waals surface area contributed by atoms with Crippen LogP contribution in [0.1, 0.15) is 22.3 Å². The van der Waals surface area contributed by atoms with Gasteiger partial charge in [0.15, 0.2) is 0 Å². The van der Waals surface area contributed by atoms with Gasteiger partial charge in [-0.2, -0.15) is 0 Å². The van der Waals surface area contributed by atoms with Gasteiger partial charge in [-0.3, -0.25) is 0 Å². The molecule has 0 amide bonds. The van der Waals surface area contributed by atoms with Crippen molar-refractivity contribution in [2.75, 3.05) is 6.61 Å². The third-order valence-corrected chi connectivity index (χ3v) is 4.81. The normalized spacial score (nSPS) is 16.4. The Labute approximate surface area is 160 Å². The molecule has 1 saturated heterocycles. The highest BCUT2D eigenvalue weighted by atomic mass is 35.5. The summed E-state index contributed by atoms with van der Waals surface area (Å²) in [5.74, 6) is -1.06. The number of hydrogen-bond donors (Lipinski definition) is 0. The summed E-state index contributed by atoms with van der Waals surface area (Å²) in [7, 11) is 0. The number of carbonyl (C=O) groups is 2. The predicted octanol–water partition coefficient (Wildman–Crippen LogP) is 4.34. The maximum atomic E-state index is 12.9. The summed E-state index contributed by atoms with van der Waals surface area (Å²) < 4.78 is 10.3. The average Bonchev–Trinajstić information content (AvgIpc) is 3.05. The van der Waals surface area contributed by atoms with Gasteiger partial charge in [-0.25, -0.2) is 14.6 Å². The molecule has 0 N–H and O–H groups in total. The van der Waals surface area contributed by atoms with Gasteiger partial charge in [0.1, 0.15) is 0 Å². The van der Waals surface area contributed by atoms with Gasteiger partial charge in [0.05, 0.1) is 23.4 Å². The van der Waals surface area contributed by atoms with Gasteiger partial charge in [-0.1, -0.05) is 41.9 Å². The third kappa shape index (κ3) is 3.26. The molecule has 0 radical (unpaired) electrons. The fourth-order valence-corrected chi connectivity index (χ4v) is 3.45. The van der Waals surface area contributed by atoms with E-state index in [1.807, 2.05) is 43.3 Å². The summed E-state index contributed by atoms with van der Waals surface area (Å²) in [6.45, 7) is 2.08. The Morgan fingerprint density at radius 3 is 2.78 bits per heavy atom. The molecule has 5 nitrogen and oxygen atoms in total. The molecule has 0 saturated carbocycles. The largest absolute Gasteiger partial charge is 0.463 e. The van der Waals surface area contributed by atoms with Gasteiger partial charge in [-0.15, -0.1) is 0 Å². The number of esters is 2. The monoisotopic (exact) mass is 381 g/mol. The average molecular weight is 382 g/mol. The first-order valence-corrected chi connectivity index (χ1v) is 8.95. The fraction of sp³-hybridized carbons (Fsp3) is 0.190. The lowest BCUT2D eigenvalue weighted by Crippen LogP contribution is -2.23. The Kier molecular flexibility index (Phi) is 4.54. The zero-order valence-electron chi connectivity index (χ0n) is 14.6. The highest BCUT2D eigenvalue weighted by Gasteiger charge is 2.32. The zero-order chi connectivity index (χ0) is 19.0. The number of cyclic esters (lactones) is 1. The van der Waals surface area contributed by atoms with Crippen LogP contribution < -0.4 is 0 Å². The molecule has 0 unspecified atom stereocenters. The second kappa shape index (κ2) is 7.00. The summed E-state index contributed by atoms with van der Waals surface area (Å²) in [6.07, 6.45) is -0.494. The Bertz CT molecular complexity index is 1060. The Morgan fingerprint density at radius 1 is 1.22 bits per heavy atom. The highest BCUT2D eigenvalue weighted by molar-refractivity contribution is 6.30. The van der Waals surface area contributed by atoms with E-state index in [1.165, 1.54) is 0 Å². The lowest BCUT2D eigenvalue weighted by molar-refractivity contribution is -0.145. The number of para-hydroxylation sites is 1.